The van der Waals surface area contributed by atoms with Crippen LogP contribution in [0.5, 0.6) is 0 Å². The van der Waals surface area contributed by atoms with Gasteiger partial charge in [0.15, 0.2) is 0 Å². The van der Waals surface area contributed by atoms with Gasteiger partial charge in [0.2, 0.25) is 0 Å². The molecule has 1 amide bonds. The number of rotatable bonds is 4. The molecule has 5 heteroatoms. The van der Waals surface area contributed by atoms with Gasteiger partial charge in [0.05, 0.1) is 0 Å². The first-order valence-corrected chi connectivity index (χ1v) is 12.7. The number of carbonyl (C=O) groups is 1. The molecule has 3 aromatic carbocycles. The molecule has 2 heterocycles. The summed E-state index contributed by atoms with van der Waals surface area (Å²) in [4.78, 5) is 17.8. The topological polar surface area (TPSA) is 28.5 Å². The summed E-state index contributed by atoms with van der Waals surface area (Å²) in [6.45, 7) is 12.4. The third kappa shape index (κ3) is 4.43. The second kappa shape index (κ2) is 9.43. The number of fused-ring (bicyclic) bond motifs is 1. The van der Waals surface area contributed by atoms with Gasteiger partial charge < -0.3 is 14.4 Å². The molecule has 1 saturated heterocycles. The molecule has 0 spiro atoms. The van der Waals surface area contributed by atoms with Gasteiger partial charge in [-0.1, -0.05) is 41.9 Å². The molecule has 0 bridgehead atoms. The molecule has 1 fully saturated rings. The number of hydrogen-bond acceptors (Lipinski definition) is 2. The summed E-state index contributed by atoms with van der Waals surface area (Å²) in [5, 5.41) is 1.91. The minimum absolute atomic E-state index is 0.114. The highest BCUT2D eigenvalue weighted by molar-refractivity contribution is 6.31. The smallest absolute Gasteiger partial charge is 0.253 e. The van der Waals surface area contributed by atoms with Gasteiger partial charge in [0.1, 0.15) is 0 Å². The van der Waals surface area contributed by atoms with Crippen LogP contribution in [-0.2, 0) is 6.54 Å². The number of aryl methyl sites for hydroxylation is 3. The Bertz CT molecular complexity index is 1410. The summed E-state index contributed by atoms with van der Waals surface area (Å²) in [5.74, 6) is 0.114. The Balaban J connectivity index is 1.36. The Morgan fingerprint density at radius 2 is 1.63 bits per heavy atom. The molecule has 4 aromatic rings. The van der Waals surface area contributed by atoms with Gasteiger partial charge in [-0.05, 0) is 80.3 Å². The predicted octanol–water partition coefficient (Wildman–Crippen LogP) is 6.54. The minimum atomic E-state index is 0.114. The molecule has 0 unspecified atom stereocenters. The second-order valence-corrected chi connectivity index (χ2v) is 10.1. The molecule has 180 valence electrons. The molecular formula is C30H32ClN3O. The van der Waals surface area contributed by atoms with E-state index >= 15 is 0 Å². The van der Waals surface area contributed by atoms with Crippen LogP contribution >= 0.6 is 11.6 Å². The highest BCUT2D eigenvalue weighted by atomic mass is 35.5. The van der Waals surface area contributed by atoms with Crippen molar-refractivity contribution in [1.82, 2.24) is 9.47 Å². The number of piperazine rings is 1. The van der Waals surface area contributed by atoms with E-state index in [2.05, 4.69) is 73.6 Å². The SMILES string of the molecule is Cc1ccc(C)c(N2CCN(C(=O)c3ccc4c(c3)c(C)c(C)n4Cc3ccccc3Cl)CC2)c1. The number of amides is 1. The molecule has 0 atom stereocenters. The van der Waals surface area contributed by atoms with E-state index < -0.39 is 0 Å². The van der Waals surface area contributed by atoms with Crippen molar-refractivity contribution in [3.8, 4) is 0 Å². The Kier molecular flexibility index (Phi) is 6.33. The first-order chi connectivity index (χ1) is 16.8. The molecule has 1 aromatic heterocycles. The quantitative estimate of drug-likeness (QED) is 0.328. The zero-order chi connectivity index (χ0) is 24.7. The van der Waals surface area contributed by atoms with Gasteiger partial charge in [-0.25, -0.2) is 0 Å². The molecule has 0 aliphatic carbocycles. The number of benzene rings is 3. The lowest BCUT2D eigenvalue weighted by molar-refractivity contribution is 0.0747. The summed E-state index contributed by atoms with van der Waals surface area (Å²) in [6, 6.07) is 20.7. The number of halogens is 1. The van der Waals surface area contributed by atoms with Gasteiger partial charge in [0.25, 0.3) is 5.91 Å². The monoisotopic (exact) mass is 485 g/mol. The maximum absolute atomic E-state index is 13.4. The fraction of sp³-hybridized carbons (Fsp3) is 0.300. The van der Waals surface area contributed by atoms with Crippen LogP contribution in [0, 0.1) is 27.7 Å². The number of anilines is 1. The highest BCUT2D eigenvalue weighted by Crippen LogP contribution is 2.29. The normalized spacial score (nSPS) is 14.1. The van der Waals surface area contributed by atoms with Crippen molar-refractivity contribution in [3.63, 3.8) is 0 Å². The maximum atomic E-state index is 13.4. The Morgan fingerprint density at radius 3 is 2.37 bits per heavy atom. The van der Waals surface area contributed by atoms with Gasteiger partial charge in [-0.15, -0.1) is 0 Å². The molecule has 4 nitrogen and oxygen atoms in total. The first-order valence-electron chi connectivity index (χ1n) is 12.3. The largest absolute Gasteiger partial charge is 0.368 e. The minimum Gasteiger partial charge on any atom is -0.368 e. The third-order valence-corrected chi connectivity index (χ3v) is 7.81. The van der Waals surface area contributed by atoms with Crippen LogP contribution in [0.3, 0.4) is 0 Å². The van der Waals surface area contributed by atoms with E-state index in [0.717, 1.165) is 53.2 Å². The van der Waals surface area contributed by atoms with Gasteiger partial charge in [0, 0.05) is 65.6 Å². The number of hydrogen-bond donors (Lipinski definition) is 0. The molecule has 5 rings (SSSR count). The number of nitrogens with zero attached hydrogens (tertiary/aromatic N) is 3. The van der Waals surface area contributed by atoms with Crippen molar-refractivity contribution in [1.29, 1.82) is 0 Å². The standard InChI is InChI=1S/C30H32ClN3O/c1-20-9-10-21(2)29(17-20)32-13-15-33(16-14-32)30(35)24-11-12-28-26(18-24)22(3)23(4)34(28)19-25-7-5-6-8-27(25)31/h5-12,17-18H,13-16,19H2,1-4H3. The number of aromatic nitrogens is 1. The Morgan fingerprint density at radius 1 is 0.886 bits per heavy atom. The first kappa shape index (κ1) is 23.5. The van der Waals surface area contributed by atoms with Gasteiger partial charge in [-0.3, -0.25) is 4.79 Å². The van der Waals surface area contributed by atoms with Crippen molar-refractivity contribution in [2.45, 2.75) is 34.2 Å². The lowest BCUT2D eigenvalue weighted by Crippen LogP contribution is -2.49. The van der Waals surface area contributed by atoms with E-state index in [4.69, 9.17) is 11.6 Å². The summed E-state index contributed by atoms with van der Waals surface area (Å²) >= 11 is 6.44. The summed E-state index contributed by atoms with van der Waals surface area (Å²) in [7, 11) is 0. The zero-order valence-corrected chi connectivity index (χ0v) is 21.7. The average Bonchev–Trinajstić information content (AvgIpc) is 3.10. The van der Waals surface area contributed by atoms with Crippen LogP contribution in [-0.4, -0.2) is 41.6 Å². The Hall–Kier alpha value is -3.24. The molecule has 1 aliphatic heterocycles. The fourth-order valence-electron chi connectivity index (χ4n) is 5.18. The van der Waals surface area contributed by atoms with E-state index in [1.54, 1.807) is 0 Å². The van der Waals surface area contributed by atoms with Crippen molar-refractivity contribution >= 4 is 34.1 Å². The third-order valence-electron chi connectivity index (χ3n) is 7.44. The van der Waals surface area contributed by atoms with E-state index in [9.17, 15) is 4.79 Å². The van der Waals surface area contributed by atoms with E-state index in [1.807, 2.05) is 29.2 Å². The van der Waals surface area contributed by atoms with Gasteiger partial charge >= 0.3 is 0 Å². The van der Waals surface area contributed by atoms with E-state index in [1.165, 1.54) is 28.1 Å². The second-order valence-electron chi connectivity index (χ2n) is 9.69. The number of carbonyl (C=O) groups excluding carboxylic acids is 1. The van der Waals surface area contributed by atoms with Crippen LogP contribution < -0.4 is 4.90 Å². The van der Waals surface area contributed by atoms with Crippen LogP contribution in [0.15, 0.2) is 60.7 Å². The predicted molar refractivity (Wildman–Crippen MR) is 146 cm³/mol. The van der Waals surface area contributed by atoms with Crippen LogP contribution in [0.4, 0.5) is 5.69 Å². The van der Waals surface area contributed by atoms with Crippen LogP contribution in [0.1, 0.15) is 38.3 Å². The van der Waals surface area contributed by atoms with Crippen molar-refractivity contribution < 1.29 is 4.79 Å². The van der Waals surface area contributed by atoms with Crippen LogP contribution in [0.2, 0.25) is 5.02 Å². The lowest BCUT2D eigenvalue weighted by Gasteiger charge is -2.37. The van der Waals surface area contributed by atoms with Crippen molar-refractivity contribution in [3.05, 3.63) is 99.2 Å². The maximum Gasteiger partial charge on any atom is 0.253 e. The summed E-state index contributed by atoms with van der Waals surface area (Å²) < 4.78 is 2.29. The van der Waals surface area contributed by atoms with Gasteiger partial charge in [-0.2, -0.15) is 0 Å². The van der Waals surface area contributed by atoms with E-state index in [-0.39, 0.29) is 5.91 Å². The lowest BCUT2D eigenvalue weighted by atomic mass is 10.1. The van der Waals surface area contributed by atoms with Crippen molar-refractivity contribution in [2.75, 3.05) is 31.1 Å². The molecule has 0 N–H and O–H groups in total. The molecular weight excluding hydrogens is 454 g/mol. The molecule has 0 saturated carbocycles. The summed E-state index contributed by atoms with van der Waals surface area (Å²) in [6.07, 6.45) is 0. The fourth-order valence-corrected chi connectivity index (χ4v) is 5.37. The molecule has 35 heavy (non-hydrogen) atoms. The Labute approximate surface area is 212 Å². The molecule has 1 aliphatic rings. The zero-order valence-electron chi connectivity index (χ0n) is 20.9. The summed E-state index contributed by atoms with van der Waals surface area (Å²) in [5.41, 5.74) is 9.23. The molecule has 0 radical (unpaired) electrons. The average molecular weight is 486 g/mol. The van der Waals surface area contributed by atoms with Crippen LogP contribution in [0.25, 0.3) is 10.9 Å². The highest BCUT2D eigenvalue weighted by Gasteiger charge is 2.24. The van der Waals surface area contributed by atoms with E-state index in [0.29, 0.717) is 6.54 Å². The van der Waals surface area contributed by atoms with Crippen molar-refractivity contribution in [2.24, 2.45) is 0 Å².